The number of nitrogen functional groups attached to an aromatic ring is 1. The van der Waals surface area contributed by atoms with Crippen LogP contribution in [0.15, 0.2) is 36.9 Å². The number of carbonyl (C=O) groups excluding carboxylic acids is 1. The quantitative estimate of drug-likeness (QED) is 0.282. The van der Waals surface area contributed by atoms with Crippen LogP contribution in [0.25, 0.3) is 0 Å². The number of hydrogen-bond acceptors (Lipinski definition) is 3. The van der Waals surface area contributed by atoms with Gasteiger partial charge in [0.15, 0.2) is 0 Å². The molecule has 0 spiro atoms. The molecule has 0 aliphatic rings. The van der Waals surface area contributed by atoms with Crippen molar-refractivity contribution in [1.82, 2.24) is 0 Å². The molecule has 2 N–H and O–H groups in total. The Morgan fingerprint density at radius 1 is 1.40 bits per heavy atom. The molecule has 4 heteroatoms. The zero-order valence-corrected chi connectivity index (χ0v) is 9.11. The average Bonchev–Trinajstić information content (AvgIpc) is 2.28. The zero-order chi connectivity index (χ0) is 11.5. The van der Waals surface area contributed by atoms with E-state index in [-0.39, 0.29) is 0 Å². The molecule has 0 amide bonds. The highest BCUT2D eigenvalue weighted by molar-refractivity contribution is 6.17. The van der Waals surface area contributed by atoms with Gasteiger partial charge in [-0.25, -0.2) is 0 Å². The van der Waals surface area contributed by atoms with Gasteiger partial charge in [-0.15, -0.1) is 11.6 Å². The zero-order valence-electron chi connectivity index (χ0n) is 8.36. The molecule has 0 saturated heterocycles. The SMILES string of the molecule is C=CCOC=O.Nc1ccc(CCl)cc1. The van der Waals surface area contributed by atoms with Gasteiger partial charge in [0, 0.05) is 11.6 Å². The summed E-state index contributed by atoms with van der Waals surface area (Å²) in [5.41, 5.74) is 7.32. The molecule has 1 aromatic rings. The Bertz CT molecular complexity index is 277. The van der Waals surface area contributed by atoms with Crippen molar-refractivity contribution >= 4 is 23.8 Å². The van der Waals surface area contributed by atoms with Gasteiger partial charge in [-0.3, -0.25) is 4.79 Å². The molecule has 0 fully saturated rings. The number of hydrogen-bond donors (Lipinski definition) is 1. The highest BCUT2D eigenvalue weighted by Crippen LogP contribution is 2.06. The van der Waals surface area contributed by atoms with E-state index in [0.29, 0.717) is 19.0 Å². The Hall–Kier alpha value is -1.48. The van der Waals surface area contributed by atoms with Crippen LogP contribution in [0, 0.1) is 0 Å². The van der Waals surface area contributed by atoms with Crippen LogP contribution >= 0.6 is 11.6 Å². The lowest BCUT2D eigenvalue weighted by Gasteiger charge is -1.93. The molecule has 0 aromatic heterocycles. The summed E-state index contributed by atoms with van der Waals surface area (Å²) in [6, 6.07) is 7.53. The number of halogens is 1. The lowest BCUT2D eigenvalue weighted by molar-refractivity contribution is -0.127. The van der Waals surface area contributed by atoms with E-state index >= 15 is 0 Å². The van der Waals surface area contributed by atoms with E-state index < -0.39 is 0 Å². The predicted octanol–water partition coefficient (Wildman–Crippen LogP) is 2.35. The van der Waals surface area contributed by atoms with E-state index in [1.807, 2.05) is 24.3 Å². The molecule has 0 aliphatic carbocycles. The monoisotopic (exact) mass is 227 g/mol. The molecule has 0 bridgehead atoms. The van der Waals surface area contributed by atoms with Crippen LogP contribution in [0.1, 0.15) is 5.56 Å². The minimum absolute atomic E-state index is 0.309. The number of anilines is 1. The van der Waals surface area contributed by atoms with Crippen LogP contribution in [0.3, 0.4) is 0 Å². The number of rotatable bonds is 4. The normalized spacial score (nSPS) is 8.33. The lowest BCUT2D eigenvalue weighted by atomic mass is 10.2. The highest BCUT2D eigenvalue weighted by atomic mass is 35.5. The third kappa shape index (κ3) is 7.58. The number of alkyl halides is 1. The summed E-state index contributed by atoms with van der Waals surface area (Å²) < 4.78 is 4.18. The molecule has 0 atom stereocenters. The lowest BCUT2D eigenvalue weighted by Crippen LogP contribution is -1.83. The van der Waals surface area contributed by atoms with Crippen molar-refractivity contribution in [3.05, 3.63) is 42.5 Å². The molecule has 1 rings (SSSR count). The van der Waals surface area contributed by atoms with Gasteiger partial charge < -0.3 is 10.5 Å². The van der Waals surface area contributed by atoms with Gasteiger partial charge in [0.2, 0.25) is 0 Å². The fourth-order valence-electron chi connectivity index (χ4n) is 0.714. The van der Waals surface area contributed by atoms with Crippen LogP contribution in [0.2, 0.25) is 0 Å². The molecule has 0 aliphatic heterocycles. The van der Waals surface area contributed by atoms with Crippen molar-refractivity contribution < 1.29 is 9.53 Å². The van der Waals surface area contributed by atoms with Gasteiger partial charge in [-0.05, 0) is 17.7 Å². The van der Waals surface area contributed by atoms with Gasteiger partial charge in [-0.2, -0.15) is 0 Å². The fourth-order valence-corrected chi connectivity index (χ4v) is 0.892. The van der Waals surface area contributed by atoms with E-state index in [9.17, 15) is 4.79 Å². The number of nitrogens with two attached hydrogens (primary N) is 1. The van der Waals surface area contributed by atoms with E-state index in [1.54, 1.807) is 0 Å². The molecule has 15 heavy (non-hydrogen) atoms. The van der Waals surface area contributed by atoms with Gasteiger partial charge in [0.1, 0.15) is 6.61 Å². The first-order valence-electron chi connectivity index (χ1n) is 4.31. The summed E-state index contributed by atoms with van der Waals surface area (Å²) >= 11 is 5.54. The molecule has 0 saturated carbocycles. The van der Waals surface area contributed by atoms with Crippen LogP contribution in [-0.2, 0) is 15.4 Å². The maximum Gasteiger partial charge on any atom is 0.293 e. The molecule has 1 aromatic carbocycles. The maximum absolute atomic E-state index is 9.29. The first-order valence-corrected chi connectivity index (χ1v) is 4.84. The van der Waals surface area contributed by atoms with Crippen molar-refractivity contribution in [3.63, 3.8) is 0 Å². The Labute approximate surface area is 94.5 Å². The summed E-state index contributed by atoms with van der Waals surface area (Å²) in [6.45, 7) is 4.01. The van der Waals surface area contributed by atoms with E-state index in [0.717, 1.165) is 11.3 Å². The average molecular weight is 228 g/mol. The van der Waals surface area contributed by atoms with Gasteiger partial charge in [-0.1, -0.05) is 24.8 Å². The second-order valence-corrected chi connectivity index (χ2v) is 2.86. The molecule has 0 unspecified atom stereocenters. The Kier molecular flexibility index (Phi) is 8.19. The van der Waals surface area contributed by atoms with E-state index in [1.165, 1.54) is 6.08 Å². The van der Waals surface area contributed by atoms with E-state index in [2.05, 4.69) is 11.3 Å². The number of ether oxygens (including phenoxy) is 1. The fraction of sp³-hybridized carbons (Fsp3) is 0.182. The van der Waals surface area contributed by atoms with Crippen LogP contribution < -0.4 is 5.73 Å². The Morgan fingerprint density at radius 3 is 2.33 bits per heavy atom. The third-order valence-corrected chi connectivity index (χ3v) is 1.72. The smallest absolute Gasteiger partial charge is 0.293 e. The largest absolute Gasteiger partial charge is 0.464 e. The predicted molar refractivity (Wildman–Crippen MR) is 62.6 cm³/mol. The first kappa shape index (κ1) is 13.5. The van der Waals surface area contributed by atoms with Gasteiger partial charge in [0.25, 0.3) is 6.47 Å². The summed E-state index contributed by atoms with van der Waals surface area (Å²) in [4.78, 5) is 9.29. The summed E-state index contributed by atoms with van der Waals surface area (Å²) in [5, 5.41) is 0. The number of benzene rings is 1. The first-order chi connectivity index (χ1) is 7.24. The topological polar surface area (TPSA) is 52.3 Å². The molecule has 0 heterocycles. The standard InChI is InChI=1S/C7H8ClN.C4H6O2/c8-5-6-1-3-7(9)4-2-6;1-2-3-6-4-5/h1-4H,5,9H2;2,4H,1,3H2. The minimum atomic E-state index is 0.309. The third-order valence-electron chi connectivity index (χ3n) is 1.42. The van der Waals surface area contributed by atoms with Crippen LogP contribution in [0.4, 0.5) is 5.69 Å². The summed E-state index contributed by atoms with van der Waals surface area (Å²) in [7, 11) is 0. The van der Waals surface area contributed by atoms with Crippen LogP contribution in [-0.4, -0.2) is 13.1 Å². The molecule has 3 nitrogen and oxygen atoms in total. The van der Waals surface area contributed by atoms with Crippen molar-refractivity contribution in [2.45, 2.75) is 5.88 Å². The highest BCUT2D eigenvalue weighted by Gasteiger charge is 1.86. The van der Waals surface area contributed by atoms with Crippen molar-refractivity contribution in [2.75, 3.05) is 12.3 Å². The number of carbonyl (C=O) groups is 1. The van der Waals surface area contributed by atoms with Gasteiger partial charge >= 0.3 is 0 Å². The maximum atomic E-state index is 9.29. The van der Waals surface area contributed by atoms with Gasteiger partial charge in [0.05, 0.1) is 0 Å². The van der Waals surface area contributed by atoms with E-state index in [4.69, 9.17) is 17.3 Å². The molecule has 0 radical (unpaired) electrons. The van der Waals surface area contributed by atoms with Crippen molar-refractivity contribution in [1.29, 1.82) is 0 Å². The van der Waals surface area contributed by atoms with Crippen molar-refractivity contribution in [3.8, 4) is 0 Å². The molecule has 82 valence electrons. The minimum Gasteiger partial charge on any atom is -0.464 e. The summed E-state index contributed by atoms with van der Waals surface area (Å²) in [5.74, 6) is 0.556. The second-order valence-electron chi connectivity index (χ2n) is 2.59. The summed E-state index contributed by atoms with van der Waals surface area (Å²) in [6.07, 6.45) is 1.51. The second kappa shape index (κ2) is 9.09. The Balaban J connectivity index is 0.000000288. The molecular formula is C11H14ClNO2. The van der Waals surface area contributed by atoms with Crippen LogP contribution in [0.5, 0.6) is 0 Å². The molecular weight excluding hydrogens is 214 g/mol. The van der Waals surface area contributed by atoms with Crippen molar-refractivity contribution in [2.24, 2.45) is 0 Å². The Morgan fingerprint density at radius 2 is 2.00 bits per heavy atom.